The Balaban J connectivity index is 2.15. The molecule has 0 spiro atoms. The lowest BCUT2D eigenvalue weighted by molar-refractivity contribution is 0.439. The fourth-order valence-electron chi connectivity index (χ4n) is 0.973. The average molecular weight is 266 g/mol. The topological polar surface area (TPSA) is 47.9 Å². The lowest BCUT2D eigenvalue weighted by atomic mass is 10.4. The second-order valence-corrected chi connectivity index (χ2v) is 3.84. The molecule has 0 aliphatic carbocycles. The highest BCUT2D eigenvalue weighted by Gasteiger charge is 1.99. The van der Waals surface area contributed by atoms with Crippen molar-refractivity contribution in [3.63, 3.8) is 0 Å². The van der Waals surface area contributed by atoms with Crippen molar-refractivity contribution in [1.82, 2.24) is 15.0 Å². The Labute approximate surface area is 95.5 Å². The molecule has 0 saturated carbocycles. The van der Waals surface area contributed by atoms with Crippen LogP contribution in [0, 0.1) is 6.92 Å². The van der Waals surface area contributed by atoms with Gasteiger partial charge in [0.1, 0.15) is 5.75 Å². The van der Waals surface area contributed by atoms with Crippen LogP contribution in [0.2, 0.25) is 0 Å². The van der Waals surface area contributed by atoms with E-state index in [1.54, 1.807) is 18.6 Å². The van der Waals surface area contributed by atoms with Crippen LogP contribution in [0.5, 0.6) is 11.8 Å². The van der Waals surface area contributed by atoms with Crippen LogP contribution in [-0.2, 0) is 0 Å². The van der Waals surface area contributed by atoms with E-state index in [0.29, 0.717) is 11.8 Å². The third-order valence-corrected chi connectivity index (χ3v) is 2.10. The predicted octanol–water partition coefficient (Wildman–Crippen LogP) is 2.73. The van der Waals surface area contributed by atoms with E-state index in [9.17, 15) is 0 Å². The van der Waals surface area contributed by atoms with Crippen molar-refractivity contribution in [3.05, 3.63) is 40.9 Å². The summed E-state index contributed by atoms with van der Waals surface area (Å²) >= 11 is 3.25. The van der Waals surface area contributed by atoms with Crippen molar-refractivity contribution in [3.8, 4) is 11.8 Å². The number of aromatic nitrogens is 3. The third kappa shape index (κ3) is 2.73. The largest absolute Gasteiger partial charge is 0.423 e. The molecule has 0 amide bonds. The van der Waals surface area contributed by atoms with Crippen molar-refractivity contribution in [2.45, 2.75) is 6.92 Å². The fraction of sp³-hybridized carbons (Fsp3) is 0.100. The first-order valence-corrected chi connectivity index (χ1v) is 5.11. The number of pyridine rings is 1. The molecule has 0 fully saturated rings. The standard InChI is InChI=1S/C10H8BrN3O/c1-7-2-3-9(6-12-7)15-10-13-4-8(11)5-14-10/h2-6H,1H3. The molecule has 2 heterocycles. The van der Waals surface area contributed by atoms with Gasteiger partial charge in [0.05, 0.1) is 10.7 Å². The molecule has 0 aliphatic rings. The Morgan fingerprint density at radius 2 is 1.80 bits per heavy atom. The summed E-state index contributed by atoms with van der Waals surface area (Å²) in [5.74, 6) is 0.628. The maximum absolute atomic E-state index is 5.38. The van der Waals surface area contributed by atoms with E-state index in [1.165, 1.54) is 0 Å². The first-order chi connectivity index (χ1) is 7.24. The van der Waals surface area contributed by atoms with Gasteiger partial charge >= 0.3 is 6.01 Å². The predicted molar refractivity (Wildman–Crippen MR) is 58.8 cm³/mol. The van der Waals surface area contributed by atoms with Crippen molar-refractivity contribution < 1.29 is 4.74 Å². The highest BCUT2D eigenvalue weighted by Crippen LogP contribution is 2.17. The van der Waals surface area contributed by atoms with Gasteiger partial charge in [-0.3, -0.25) is 4.98 Å². The molecular weight excluding hydrogens is 258 g/mol. The summed E-state index contributed by atoms with van der Waals surface area (Å²) in [6, 6.07) is 4.01. The Kier molecular flexibility index (Phi) is 2.91. The zero-order valence-corrected chi connectivity index (χ0v) is 9.60. The highest BCUT2D eigenvalue weighted by molar-refractivity contribution is 9.10. The van der Waals surface area contributed by atoms with E-state index in [0.717, 1.165) is 10.2 Å². The second-order valence-electron chi connectivity index (χ2n) is 2.92. The number of hydrogen-bond donors (Lipinski definition) is 0. The molecule has 0 N–H and O–H groups in total. The van der Waals surface area contributed by atoms with Gasteiger partial charge in [-0.15, -0.1) is 0 Å². The van der Waals surface area contributed by atoms with Crippen molar-refractivity contribution >= 4 is 15.9 Å². The van der Waals surface area contributed by atoms with Crippen LogP contribution < -0.4 is 4.74 Å². The summed E-state index contributed by atoms with van der Waals surface area (Å²) in [6.45, 7) is 1.92. The van der Waals surface area contributed by atoms with Crippen molar-refractivity contribution in [2.75, 3.05) is 0 Å². The molecule has 0 unspecified atom stereocenters. The Hall–Kier alpha value is -1.49. The number of hydrogen-bond acceptors (Lipinski definition) is 4. The number of nitrogens with zero attached hydrogens (tertiary/aromatic N) is 3. The SMILES string of the molecule is Cc1ccc(Oc2ncc(Br)cn2)cn1. The van der Waals surface area contributed by atoms with Gasteiger partial charge in [-0.1, -0.05) is 0 Å². The zero-order chi connectivity index (χ0) is 10.7. The fourth-order valence-corrected chi connectivity index (χ4v) is 1.18. The molecule has 0 atom stereocenters. The van der Waals surface area contributed by atoms with E-state index in [2.05, 4.69) is 30.9 Å². The van der Waals surface area contributed by atoms with Gasteiger partial charge in [-0.25, -0.2) is 9.97 Å². The third-order valence-electron chi connectivity index (χ3n) is 1.69. The van der Waals surface area contributed by atoms with E-state index in [-0.39, 0.29) is 0 Å². The smallest absolute Gasteiger partial charge is 0.321 e. The van der Waals surface area contributed by atoms with Crippen LogP contribution in [0.25, 0.3) is 0 Å². The highest BCUT2D eigenvalue weighted by atomic mass is 79.9. The van der Waals surface area contributed by atoms with Crippen LogP contribution in [0.3, 0.4) is 0 Å². The lowest BCUT2D eigenvalue weighted by Gasteiger charge is -2.02. The van der Waals surface area contributed by atoms with Gasteiger partial charge in [0, 0.05) is 18.1 Å². The number of aryl methyl sites for hydroxylation is 1. The average Bonchev–Trinajstić information content (AvgIpc) is 2.25. The van der Waals surface area contributed by atoms with Crippen molar-refractivity contribution in [2.24, 2.45) is 0 Å². The van der Waals surface area contributed by atoms with E-state index in [4.69, 9.17) is 4.74 Å². The van der Waals surface area contributed by atoms with E-state index in [1.807, 2.05) is 19.1 Å². The summed E-state index contributed by atoms with van der Waals surface area (Å²) < 4.78 is 6.20. The quantitative estimate of drug-likeness (QED) is 0.838. The molecule has 0 saturated heterocycles. The second kappa shape index (κ2) is 4.35. The summed E-state index contributed by atoms with van der Waals surface area (Å²) in [6.07, 6.45) is 4.90. The molecule has 4 nitrogen and oxygen atoms in total. The molecule has 0 bridgehead atoms. The monoisotopic (exact) mass is 265 g/mol. The Morgan fingerprint density at radius 3 is 2.40 bits per heavy atom. The minimum absolute atomic E-state index is 0.309. The first kappa shape index (κ1) is 10.0. The summed E-state index contributed by atoms with van der Waals surface area (Å²) in [5.41, 5.74) is 0.944. The van der Waals surface area contributed by atoms with Gasteiger partial charge in [0.25, 0.3) is 0 Å². The van der Waals surface area contributed by atoms with Crippen LogP contribution in [0.15, 0.2) is 35.2 Å². The lowest BCUT2D eigenvalue weighted by Crippen LogP contribution is -1.91. The maximum atomic E-state index is 5.38. The molecule has 2 aromatic rings. The summed E-state index contributed by atoms with van der Waals surface area (Å²) in [5, 5.41) is 0. The van der Waals surface area contributed by atoms with Crippen LogP contribution >= 0.6 is 15.9 Å². The Bertz CT molecular complexity index is 398. The summed E-state index contributed by atoms with van der Waals surface area (Å²) in [7, 11) is 0. The van der Waals surface area contributed by atoms with Gasteiger partial charge in [0.15, 0.2) is 0 Å². The molecule has 5 heteroatoms. The van der Waals surface area contributed by atoms with Crippen LogP contribution in [0.4, 0.5) is 0 Å². The minimum atomic E-state index is 0.309. The van der Waals surface area contributed by atoms with E-state index < -0.39 is 0 Å². The van der Waals surface area contributed by atoms with Crippen molar-refractivity contribution in [1.29, 1.82) is 0 Å². The molecule has 0 aromatic carbocycles. The molecular formula is C10H8BrN3O. The first-order valence-electron chi connectivity index (χ1n) is 4.32. The normalized spacial score (nSPS) is 10.0. The van der Waals surface area contributed by atoms with Gasteiger partial charge in [-0.05, 0) is 35.0 Å². The maximum Gasteiger partial charge on any atom is 0.321 e. The molecule has 2 rings (SSSR count). The summed E-state index contributed by atoms with van der Waals surface area (Å²) in [4.78, 5) is 12.1. The zero-order valence-electron chi connectivity index (χ0n) is 8.01. The number of ether oxygens (including phenoxy) is 1. The molecule has 0 radical (unpaired) electrons. The van der Waals surface area contributed by atoms with Gasteiger partial charge < -0.3 is 4.74 Å². The van der Waals surface area contributed by atoms with Crippen LogP contribution in [0.1, 0.15) is 5.69 Å². The molecule has 15 heavy (non-hydrogen) atoms. The minimum Gasteiger partial charge on any atom is -0.423 e. The Morgan fingerprint density at radius 1 is 1.07 bits per heavy atom. The van der Waals surface area contributed by atoms with Gasteiger partial charge in [0.2, 0.25) is 0 Å². The molecule has 76 valence electrons. The van der Waals surface area contributed by atoms with Gasteiger partial charge in [-0.2, -0.15) is 0 Å². The van der Waals surface area contributed by atoms with E-state index >= 15 is 0 Å². The molecule has 2 aromatic heterocycles. The molecule has 0 aliphatic heterocycles. The number of halogens is 1. The number of rotatable bonds is 2. The van der Waals surface area contributed by atoms with Crippen LogP contribution in [-0.4, -0.2) is 15.0 Å².